The van der Waals surface area contributed by atoms with Crippen LogP contribution in [0.2, 0.25) is 0 Å². The minimum Gasteiger partial charge on any atom is -0.493 e. The Labute approximate surface area is 137 Å². The van der Waals surface area contributed by atoms with Crippen molar-refractivity contribution in [3.63, 3.8) is 0 Å². The molecular formula is C19H23NO3. The first-order valence-corrected chi connectivity index (χ1v) is 7.53. The molecule has 0 radical (unpaired) electrons. The van der Waals surface area contributed by atoms with Crippen LogP contribution < -0.4 is 14.8 Å². The van der Waals surface area contributed by atoms with Gasteiger partial charge < -0.3 is 14.8 Å². The lowest BCUT2D eigenvalue weighted by Crippen LogP contribution is -2.24. The molecule has 1 amide bonds. The standard InChI is InChI=1S/C19H23NO3/c1-12-8-13(2)18(14(3)9-12)19(21)20-11-15-6-7-16(22-4)17(10-15)23-5/h6-10H,11H2,1-5H3,(H,20,21). The number of ether oxygens (including phenoxy) is 2. The Kier molecular flexibility index (Phi) is 5.27. The van der Waals surface area contributed by atoms with Gasteiger partial charge in [-0.05, 0) is 49.6 Å². The summed E-state index contributed by atoms with van der Waals surface area (Å²) in [5, 5.41) is 2.97. The lowest BCUT2D eigenvalue weighted by atomic mass is 9.99. The topological polar surface area (TPSA) is 47.6 Å². The van der Waals surface area contributed by atoms with Crippen LogP contribution in [-0.2, 0) is 6.54 Å². The molecule has 0 heterocycles. The van der Waals surface area contributed by atoms with Crippen molar-refractivity contribution < 1.29 is 14.3 Å². The lowest BCUT2D eigenvalue weighted by molar-refractivity contribution is 0.0949. The molecule has 0 aliphatic rings. The van der Waals surface area contributed by atoms with Crippen molar-refractivity contribution >= 4 is 5.91 Å². The number of hydrogen-bond donors (Lipinski definition) is 1. The summed E-state index contributed by atoms with van der Waals surface area (Å²) in [6.45, 7) is 6.40. The quantitative estimate of drug-likeness (QED) is 0.918. The molecule has 4 heteroatoms. The highest BCUT2D eigenvalue weighted by Gasteiger charge is 2.13. The molecule has 0 bridgehead atoms. The number of rotatable bonds is 5. The normalized spacial score (nSPS) is 10.3. The van der Waals surface area contributed by atoms with E-state index in [2.05, 4.69) is 5.32 Å². The molecular weight excluding hydrogens is 290 g/mol. The smallest absolute Gasteiger partial charge is 0.252 e. The van der Waals surface area contributed by atoms with Crippen molar-refractivity contribution in [3.05, 3.63) is 58.1 Å². The minimum atomic E-state index is -0.0604. The van der Waals surface area contributed by atoms with Crippen LogP contribution in [0.5, 0.6) is 11.5 Å². The largest absolute Gasteiger partial charge is 0.493 e. The van der Waals surface area contributed by atoms with Gasteiger partial charge in [-0.1, -0.05) is 23.8 Å². The van der Waals surface area contributed by atoms with Crippen molar-refractivity contribution in [2.75, 3.05) is 14.2 Å². The predicted molar refractivity (Wildman–Crippen MR) is 91.4 cm³/mol. The summed E-state index contributed by atoms with van der Waals surface area (Å²) in [4.78, 5) is 12.5. The summed E-state index contributed by atoms with van der Waals surface area (Å²) in [6, 6.07) is 9.67. The van der Waals surface area contributed by atoms with Crippen LogP contribution in [0.15, 0.2) is 30.3 Å². The summed E-state index contributed by atoms with van der Waals surface area (Å²) in [5.74, 6) is 1.27. The molecule has 0 unspecified atom stereocenters. The van der Waals surface area contributed by atoms with E-state index in [0.29, 0.717) is 18.0 Å². The first kappa shape index (κ1) is 16.9. The van der Waals surface area contributed by atoms with Crippen LogP contribution in [0.4, 0.5) is 0 Å². The van der Waals surface area contributed by atoms with Gasteiger partial charge in [0.15, 0.2) is 11.5 Å². The minimum absolute atomic E-state index is 0.0604. The highest BCUT2D eigenvalue weighted by molar-refractivity contribution is 5.97. The van der Waals surface area contributed by atoms with E-state index in [-0.39, 0.29) is 5.91 Å². The van der Waals surface area contributed by atoms with Gasteiger partial charge in [-0.3, -0.25) is 4.79 Å². The van der Waals surface area contributed by atoms with Crippen LogP contribution >= 0.6 is 0 Å². The maximum Gasteiger partial charge on any atom is 0.252 e. The molecule has 0 atom stereocenters. The number of methoxy groups -OCH3 is 2. The number of amides is 1. The van der Waals surface area contributed by atoms with E-state index in [9.17, 15) is 4.79 Å². The fraction of sp³-hybridized carbons (Fsp3) is 0.316. The number of hydrogen-bond acceptors (Lipinski definition) is 3. The van der Waals surface area contributed by atoms with Gasteiger partial charge in [0.05, 0.1) is 14.2 Å². The number of benzene rings is 2. The van der Waals surface area contributed by atoms with Crippen molar-refractivity contribution in [1.29, 1.82) is 0 Å². The van der Waals surface area contributed by atoms with Gasteiger partial charge in [0, 0.05) is 12.1 Å². The third-order valence-electron chi connectivity index (χ3n) is 3.81. The SMILES string of the molecule is COc1ccc(CNC(=O)c2c(C)cc(C)cc2C)cc1OC. The number of nitrogens with one attached hydrogen (secondary N) is 1. The van der Waals surface area contributed by atoms with E-state index in [1.165, 1.54) is 0 Å². The third kappa shape index (κ3) is 3.83. The zero-order valence-electron chi connectivity index (χ0n) is 14.3. The second-order valence-corrected chi connectivity index (χ2v) is 5.65. The zero-order chi connectivity index (χ0) is 17.0. The van der Waals surface area contributed by atoms with Crippen molar-refractivity contribution in [1.82, 2.24) is 5.32 Å². The van der Waals surface area contributed by atoms with Gasteiger partial charge in [-0.25, -0.2) is 0 Å². The molecule has 1 N–H and O–H groups in total. The molecule has 2 aromatic carbocycles. The van der Waals surface area contributed by atoms with Crippen LogP contribution in [0.25, 0.3) is 0 Å². The van der Waals surface area contributed by atoms with Gasteiger partial charge >= 0.3 is 0 Å². The molecule has 0 fully saturated rings. The third-order valence-corrected chi connectivity index (χ3v) is 3.81. The van der Waals surface area contributed by atoms with E-state index in [0.717, 1.165) is 27.8 Å². The van der Waals surface area contributed by atoms with Crippen LogP contribution in [0.1, 0.15) is 32.6 Å². The summed E-state index contributed by atoms with van der Waals surface area (Å²) in [5.41, 5.74) is 4.85. The van der Waals surface area contributed by atoms with E-state index >= 15 is 0 Å². The number of carbonyl (C=O) groups excluding carboxylic acids is 1. The summed E-state index contributed by atoms with van der Waals surface area (Å²) in [6.07, 6.45) is 0. The molecule has 4 nitrogen and oxygen atoms in total. The van der Waals surface area contributed by atoms with Crippen LogP contribution in [0.3, 0.4) is 0 Å². The van der Waals surface area contributed by atoms with Gasteiger partial charge in [0.1, 0.15) is 0 Å². The average Bonchev–Trinajstić information content (AvgIpc) is 2.51. The molecule has 2 rings (SSSR count). The molecule has 0 aromatic heterocycles. The van der Waals surface area contributed by atoms with E-state index in [1.807, 2.05) is 51.1 Å². The maximum absolute atomic E-state index is 12.5. The Morgan fingerprint density at radius 3 is 2.13 bits per heavy atom. The zero-order valence-corrected chi connectivity index (χ0v) is 14.3. The molecule has 23 heavy (non-hydrogen) atoms. The molecule has 0 saturated heterocycles. The Morgan fingerprint density at radius 1 is 0.957 bits per heavy atom. The highest BCUT2D eigenvalue weighted by Crippen LogP contribution is 2.27. The van der Waals surface area contributed by atoms with Crippen LogP contribution in [0, 0.1) is 20.8 Å². The molecule has 0 saturated carbocycles. The monoisotopic (exact) mass is 313 g/mol. The number of aryl methyl sites for hydroxylation is 3. The van der Waals surface area contributed by atoms with Crippen LogP contribution in [-0.4, -0.2) is 20.1 Å². The average molecular weight is 313 g/mol. The Balaban J connectivity index is 2.14. The molecule has 0 spiro atoms. The second-order valence-electron chi connectivity index (χ2n) is 5.65. The van der Waals surface area contributed by atoms with Gasteiger partial charge in [0.2, 0.25) is 0 Å². The fourth-order valence-electron chi connectivity index (χ4n) is 2.80. The van der Waals surface area contributed by atoms with Crippen molar-refractivity contribution in [2.45, 2.75) is 27.3 Å². The van der Waals surface area contributed by atoms with Gasteiger partial charge in [-0.2, -0.15) is 0 Å². The Bertz CT molecular complexity index is 700. The molecule has 0 aliphatic heterocycles. The molecule has 2 aromatic rings. The number of carbonyl (C=O) groups is 1. The molecule has 0 aliphatic carbocycles. The van der Waals surface area contributed by atoms with Crippen molar-refractivity contribution in [3.8, 4) is 11.5 Å². The Morgan fingerprint density at radius 2 is 1.57 bits per heavy atom. The van der Waals surface area contributed by atoms with Gasteiger partial charge in [-0.15, -0.1) is 0 Å². The maximum atomic E-state index is 12.5. The molecule has 122 valence electrons. The fourth-order valence-corrected chi connectivity index (χ4v) is 2.80. The first-order chi connectivity index (χ1) is 11.0. The summed E-state index contributed by atoms with van der Waals surface area (Å²) < 4.78 is 10.5. The second kappa shape index (κ2) is 7.18. The first-order valence-electron chi connectivity index (χ1n) is 7.53. The summed E-state index contributed by atoms with van der Waals surface area (Å²) >= 11 is 0. The lowest BCUT2D eigenvalue weighted by Gasteiger charge is -2.13. The summed E-state index contributed by atoms with van der Waals surface area (Å²) in [7, 11) is 3.20. The van der Waals surface area contributed by atoms with E-state index in [4.69, 9.17) is 9.47 Å². The van der Waals surface area contributed by atoms with E-state index < -0.39 is 0 Å². The highest BCUT2D eigenvalue weighted by atomic mass is 16.5. The van der Waals surface area contributed by atoms with Gasteiger partial charge in [0.25, 0.3) is 5.91 Å². The van der Waals surface area contributed by atoms with Crippen molar-refractivity contribution in [2.24, 2.45) is 0 Å². The predicted octanol–water partition coefficient (Wildman–Crippen LogP) is 3.56. The Hall–Kier alpha value is -2.49. The van der Waals surface area contributed by atoms with E-state index in [1.54, 1.807) is 14.2 Å².